The number of hydrogen-bond acceptors (Lipinski definition) is 5. The smallest absolute Gasteiger partial charge is 0.250 e. The van der Waals surface area contributed by atoms with Crippen molar-refractivity contribution < 1.29 is 4.79 Å². The van der Waals surface area contributed by atoms with Gasteiger partial charge in [0.15, 0.2) is 11.0 Å². The maximum atomic E-state index is 12.1. The Labute approximate surface area is 158 Å². The van der Waals surface area contributed by atoms with Gasteiger partial charge in [-0.15, -0.1) is 10.2 Å². The molecule has 0 radical (unpaired) electrons. The molecule has 2 aromatic rings. The second-order valence-electron chi connectivity index (χ2n) is 7.42. The summed E-state index contributed by atoms with van der Waals surface area (Å²) in [4.78, 5) is 12.1. The fourth-order valence-electron chi connectivity index (χ4n) is 3.36. The molecule has 1 saturated carbocycles. The number of thioether (sulfide) groups is 1. The largest absolute Gasteiger partial charge is 0.299 e. The zero-order chi connectivity index (χ0) is 18.7. The van der Waals surface area contributed by atoms with E-state index < -0.39 is 4.75 Å². The van der Waals surface area contributed by atoms with Gasteiger partial charge in [0.1, 0.15) is 0 Å². The first-order chi connectivity index (χ1) is 12.4. The number of nitrogens with one attached hydrogen (secondary N) is 1. The minimum absolute atomic E-state index is 0.224. The Kier molecular flexibility index (Phi) is 5.67. The second-order valence-corrected chi connectivity index (χ2v) is 9.01. The number of hydrogen-bond donors (Lipinski definition) is 2. The predicted molar refractivity (Wildman–Crippen MR) is 105 cm³/mol. The first kappa shape index (κ1) is 18.9. The SMILES string of the molecule is Cc1ccc(-c2nnc(SC(C)(C)C(=O)NN)n2C2CCCCC2)cc1. The Morgan fingerprint density at radius 2 is 1.85 bits per heavy atom. The van der Waals surface area contributed by atoms with E-state index in [9.17, 15) is 4.79 Å². The molecule has 1 aromatic heterocycles. The Balaban J connectivity index is 2.01. The van der Waals surface area contributed by atoms with Crippen LogP contribution in [0.4, 0.5) is 0 Å². The number of amides is 1. The fourth-order valence-corrected chi connectivity index (χ4v) is 4.39. The third-order valence-corrected chi connectivity index (χ3v) is 6.10. The number of hydrazine groups is 1. The topological polar surface area (TPSA) is 85.8 Å². The molecule has 0 bridgehead atoms. The zero-order valence-electron chi connectivity index (χ0n) is 15.7. The normalized spacial score (nSPS) is 15.8. The molecule has 3 N–H and O–H groups in total. The van der Waals surface area contributed by atoms with Crippen molar-refractivity contribution in [2.24, 2.45) is 5.84 Å². The lowest BCUT2D eigenvalue weighted by atomic mass is 9.95. The molecule has 1 amide bonds. The van der Waals surface area contributed by atoms with Gasteiger partial charge in [0, 0.05) is 11.6 Å². The van der Waals surface area contributed by atoms with E-state index in [0.29, 0.717) is 6.04 Å². The number of benzene rings is 1. The molecule has 6 nitrogen and oxygen atoms in total. The standard InChI is InChI=1S/C19H27N5OS/c1-13-9-11-14(12-10-13)16-22-23-18(26-19(2,3)17(25)21-20)24(16)15-7-5-4-6-8-15/h9-12,15H,4-8,20H2,1-3H3,(H,21,25). The van der Waals surface area contributed by atoms with Gasteiger partial charge in [-0.3, -0.25) is 14.8 Å². The molecule has 1 fully saturated rings. The van der Waals surface area contributed by atoms with Gasteiger partial charge in [0.05, 0.1) is 4.75 Å². The Morgan fingerprint density at radius 1 is 1.19 bits per heavy atom. The van der Waals surface area contributed by atoms with Gasteiger partial charge in [0.2, 0.25) is 5.91 Å². The third kappa shape index (κ3) is 3.94. The van der Waals surface area contributed by atoms with Crippen molar-refractivity contribution in [1.29, 1.82) is 0 Å². The van der Waals surface area contributed by atoms with Crippen LogP contribution in [0.2, 0.25) is 0 Å². The molecule has 140 valence electrons. The summed E-state index contributed by atoms with van der Waals surface area (Å²) in [5.41, 5.74) is 4.52. The second kappa shape index (κ2) is 7.80. The lowest BCUT2D eigenvalue weighted by Gasteiger charge is -2.27. The van der Waals surface area contributed by atoms with Crippen LogP contribution in [0.25, 0.3) is 11.4 Å². The lowest BCUT2D eigenvalue weighted by molar-refractivity contribution is -0.122. The highest BCUT2D eigenvalue weighted by Crippen LogP contribution is 2.39. The predicted octanol–water partition coefficient (Wildman–Crippen LogP) is 3.62. The van der Waals surface area contributed by atoms with Crippen molar-refractivity contribution >= 4 is 17.7 Å². The Hall–Kier alpha value is -1.86. The van der Waals surface area contributed by atoms with Crippen LogP contribution in [-0.4, -0.2) is 25.4 Å². The molecule has 0 saturated heterocycles. The molecule has 1 aliphatic rings. The summed E-state index contributed by atoms with van der Waals surface area (Å²) < 4.78 is 1.51. The molecule has 0 atom stereocenters. The average molecular weight is 374 g/mol. The quantitative estimate of drug-likeness (QED) is 0.362. The van der Waals surface area contributed by atoms with Gasteiger partial charge in [-0.05, 0) is 33.6 Å². The Bertz CT molecular complexity index is 763. The van der Waals surface area contributed by atoms with E-state index in [0.717, 1.165) is 29.4 Å². The number of nitrogens with two attached hydrogens (primary N) is 1. The van der Waals surface area contributed by atoms with Crippen LogP contribution in [0, 0.1) is 6.92 Å². The third-order valence-electron chi connectivity index (χ3n) is 4.94. The van der Waals surface area contributed by atoms with Gasteiger partial charge in [-0.25, -0.2) is 5.84 Å². The number of aromatic nitrogens is 3. The summed E-state index contributed by atoms with van der Waals surface area (Å²) in [6, 6.07) is 8.73. The van der Waals surface area contributed by atoms with E-state index in [1.54, 1.807) is 0 Å². The van der Waals surface area contributed by atoms with E-state index in [4.69, 9.17) is 5.84 Å². The first-order valence-electron chi connectivity index (χ1n) is 9.14. The summed E-state index contributed by atoms with van der Waals surface area (Å²) in [6.07, 6.45) is 5.95. The van der Waals surface area contributed by atoms with Gasteiger partial charge in [0.25, 0.3) is 0 Å². The number of aryl methyl sites for hydroxylation is 1. The van der Waals surface area contributed by atoms with Crippen molar-refractivity contribution in [2.45, 2.75) is 68.8 Å². The van der Waals surface area contributed by atoms with Gasteiger partial charge < -0.3 is 0 Å². The minimum Gasteiger partial charge on any atom is -0.299 e. The first-order valence-corrected chi connectivity index (χ1v) is 9.96. The molecule has 0 spiro atoms. The van der Waals surface area contributed by atoms with Crippen molar-refractivity contribution in [3.8, 4) is 11.4 Å². The molecule has 1 heterocycles. The van der Waals surface area contributed by atoms with E-state index in [1.807, 2.05) is 13.8 Å². The maximum absolute atomic E-state index is 12.1. The lowest BCUT2D eigenvalue weighted by Crippen LogP contribution is -2.43. The molecule has 26 heavy (non-hydrogen) atoms. The summed E-state index contributed by atoms with van der Waals surface area (Å²) in [5.74, 6) is 6.00. The monoisotopic (exact) mass is 373 g/mol. The number of carbonyl (C=O) groups is 1. The van der Waals surface area contributed by atoms with Crippen LogP contribution >= 0.6 is 11.8 Å². The van der Waals surface area contributed by atoms with Crippen LogP contribution in [0.5, 0.6) is 0 Å². The van der Waals surface area contributed by atoms with Crippen LogP contribution in [0.15, 0.2) is 29.4 Å². The molecule has 1 aliphatic carbocycles. The van der Waals surface area contributed by atoms with E-state index in [-0.39, 0.29) is 5.91 Å². The van der Waals surface area contributed by atoms with E-state index in [2.05, 4.69) is 51.4 Å². The fraction of sp³-hybridized carbons (Fsp3) is 0.526. The van der Waals surface area contributed by atoms with E-state index >= 15 is 0 Å². The summed E-state index contributed by atoms with van der Waals surface area (Å²) >= 11 is 1.41. The van der Waals surface area contributed by atoms with Crippen LogP contribution in [0.3, 0.4) is 0 Å². The van der Waals surface area contributed by atoms with E-state index in [1.165, 1.54) is 36.6 Å². The van der Waals surface area contributed by atoms with Crippen LogP contribution < -0.4 is 11.3 Å². The molecular formula is C19H27N5OS. The van der Waals surface area contributed by atoms with Crippen molar-refractivity contribution in [3.63, 3.8) is 0 Å². The summed E-state index contributed by atoms with van der Waals surface area (Å²) in [7, 11) is 0. The summed E-state index contributed by atoms with van der Waals surface area (Å²) in [6.45, 7) is 5.78. The van der Waals surface area contributed by atoms with Gasteiger partial charge >= 0.3 is 0 Å². The van der Waals surface area contributed by atoms with Crippen LogP contribution in [-0.2, 0) is 4.79 Å². The minimum atomic E-state index is -0.723. The van der Waals surface area contributed by atoms with Gasteiger partial charge in [-0.2, -0.15) is 0 Å². The van der Waals surface area contributed by atoms with Crippen molar-refractivity contribution in [1.82, 2.24) is 20.2 Å². The number of rotatable bonds is 5. The summed E-state index contributed by atoms with van der Waals surface area (Å²) in [5, 5.41) is 9.72. The highest BCUT2D eigenvalue weighted by molar-refractivity contribution is 8.01. The molecule has 3 rings (SSSR count). The van der Waals surface area contributed by atoms with Crippen molar-refractivity contribution in [2.75, 3.05) is 0 Å². The van der Waals surface area contributed by atoms with Crippen LogP contribution in [0.1, 0.15) is 57.6 Å². The molecule has 0 aliphatic heterocycles. The van der Waals surface area contributed by atoms with Crippen molar-refractivity contribution in [3.05, 3.63) is 29.8 Å². The molecular weight excluding hydrogens is 346 g/mol. The maximum Gasteiger partial charge on any atom is 0.250 e. The number of carbonyl (C=O) groups excluding carboxylic acids is 1. The Morgan fingerprint density at radius 3 is 2.46 bits per heavy atom. The molecule has 7 heteroatoms. The number of nitrogens with zero attached hydrogens (tertiary/aromatic N) is 3. The molecule has 1 aromatic carbocycles. The highest BCUT2D eigenvalue weighted by atomic mass is 32.2. The molecule has 0 unspecified atom stereocenters. The average Bonchev–Trinajstić information content (AvgIpc) is 3.05. The highest BCUT2D eigenvalue weighted by Gasteiger charge is 2.33. The van der Waals surface area contributed by atoms with Gasteiger partial charge in [-0.1, -0.05) is 60.9 Å². The zero-order valence-corrected chi connectivity index (χ0v) is 16.5.